The van der Waals surface area contributed by atoms with Gasteiger partial charge in [-0.15, -0.1) is 0 Å². The van der Waals surface area contributed by atoms with E-state index in [0.717, 1.165) is 6.42 Å². The highest BCUT2D eigenvalue weighted by Crippen LogP contribution is 2.28. The van der Waals surface area contributed by atoms with E-state index in [9.17, 15) is 14.0 Å². The SMILES string of the molecule is CC(C)(C)OC(=O)N1CCCC(C(=O)Nc2nc3ccc(F)cc3s2)C1. The number of benzene rings is 1. The third kappa shape index (κ3) is 4.49. The van der Waals surface area contributed by atoms with Gasteiger partial charge in [0.15, 0.2) is 5.13 Å². The van der Waals surface area contributed by atoms with Gasteiger partial charge in [-0.25, -0.2) is 14.2 Å². The van der Waals surface area contributed by atoms with Crippen molar-refractivity contribution >= 4 is 38.7 Å². The molecule has 140 valence electrons. The highest BCUT2D eigenvalue weighted by Gasteiger charge is 2.31. The molecule has 2 heterocycles. The summed E-state index contributed by atoms with van der Waals surface area (Å²) in [5.41, 5.74) is 0.0773. The van der Waals surface area contributed by atoms with Crippen LogP contribution in [0.25, 0.3) is 10.2 Å². The Kier molecular flexibility index (Phi) is 5.13. The van der Waals surface area contributed by atoms with Gasteiger partial charge < -0.3 is 15.0 Å². The number of carbonyl (C=O) groups excluding carboxylic acids is 2. The number of piperidine rings is 1. The first-order valence-corrected chi connectivity index (χ1v) is 9.38. The van der Waals surface area contributed by atoms with Crippen molar-refractivity contribution in [3.05, 3.63) is 24.0 Å². The van der Waals surface area contributed by atoms with Crippen LogP contribution in [0, 0.1) is 11.7 Å². The lowest BCUT2D eigenvalue weighted by Gasteiger charge is -2.33. The van der Waals surface area contributed by atoms with Gasteiger partial charge in [-0.1, -0.05) is 11.3 Å². The highest BCUT2D eigenvalue weighted by atomic mass is 32.1. The first-order valence-electron chi connectivity index (χ1n) is 8.56. The number of aromatic nitrogens is 1. The first kappa shape index (κ1) is 18.6. The minimum Gasteiger partial charge on any atom is -0.444 e. The van der Waals surface area contributed by atoms with Crippen molar-refractivity contribution in [3.8, 4) is 0 Å². The maximum Gasteiger partial charge on any atom is 0.410 e. The summed E-state index contributed by atoms with van der Waals surface area (Å²) in [6, 6.07) is 4.32. The number of thiazole rings is 1. The Bertz CT molecular complexity index is 831. The van der Waals surface area contributed by atoms with Crippen LogP contribution < -0.4 is 5.32 Å². The summed E-state index contributed by atoms with van der Waals surface area (Å²) < 4.78 is 19.3. The van der Waals surface area contributed by atoms with Gasteiger partial charge in [0.25, 0.3) is 0 Å². The molecule has 1 unspecified atom stereocenters. The Morgan fingerprint density at radius 2 is 2.15 bits per heavy atom. The van der Waals surface area contributed by atoms with E-state index in [2.05, 4.69) is 10.3 Å². The van der Waals surface area contributed by atoms with Crippen LogP contribution in [0.1, 0.15) is 33.6 Å². The predicted octanol–water partition coefficient (Wildman–Crippen LogP) is 4.02. The zero-order chi connectivity index (χ0) is 18.9. The van der Waals surface area contributed by atoms with E-state index in [1.807, 2.05) is 20.8 Å². The zero-order valence-corrected chi connectivity index (χ0v) is 15.9. The van der Waals surface area contributed by atoms with Gasteiger partial charge >= 0.3 is 6.09 Å². The van der Waals surface area contributed by atoms with Crippen LogP contribution in [0.3, 0.4) is 0 Å². The molecule has 0 aliphatic carbocycles. The lowest BCUT2D eigenvalue weighted by molar-refractivity contribution is -0.121. The number of amides is 2. The monoisotopic (exact) mass is 379 g/mol. The molecule has 1 aliphatic heterocycles. The number of halogens is 1. The largest absolute Gasteiger partial charge is 0.444 e. The van der Waals surface area contributed by atoms with Crippen molar-refractivity contribution in [2.45, 2.75) is 39.2 Å². The number of likely N-dealkylation sites (tertiary alicyclic amines) is 1. The van der Waals surface area contributed by atoms with E-state index in [0.29, 0.717) is 34.9 Å². The molecule has 2 amide bonds. The van der Waals surface area contributed by atoms with Crippen LogP contribution in [-0.2, 0) is 9.53 Å². The number of nitrogens with one attached hydrogen (secondary N) is 1. The first-order chi connectivity index (χ1) is 12.2. The normalized spacial score (nSPS) is 18.0. The van der Waals surface area contributed by atoms with E-state index in [4.69, 9.17) is 4.74 Å². The molecule has 6 nitrogen and oxygen atoms in total. The molecule has 1 aliphatic rings. The van der Waals surface area contributed by atoms with Gasteiger partial charge in [-0.2, -0.15) is 0 Å². The van der Waals surface area contributed by atoms with Crippen LogP contribution >= 0.6 is 11.3 Å². The van der Waals surface area contributed by atoms with Gasteiger partial charge in [-0.05, 0) is 51.8 Å². The Labute approximate surface area is 155 Å². The molecule has 26 heavy (non-hydrogen) atoms. The molecule has 8 heteroatoms. The van der Waals surface area contributed by atoms with Gasteiger partial charge in [0.2, 0.25) is 5.91 Å². The van der Waals surface area contributed by atoms with Gasteiger partial charge in [-0.3, -0.25) is 4.79 Å². The quantitative estimate of drug-likeness (QED) is 0.855. The Hall–Kier alpha value is -2.22. The molecule has 0 radical (unpaired) electrons. The van der Waals surface area contributed by atoms with Crippen molar-refractivity contribution in [2.75, 3.05) is 18.4 Å². The fourth-order valence-corrected chi connectivity index (χ4v) is 3.74. The second-order valence-corrected chi connectivity index (χ2v) is 8.42. The summed E-state index contributed by atoms with van der Waals surface area (Å²) >= 11 is 1.23. The second-order valence-electron chi connectivity index (χ2n) is 7.39. The van der Waals surface area contributed by atoms with Crippen LogP contribution in [-0.4, -0.2) is 40.6 Å². The molecule has 1 saturated heterocycles. The molecule has 2 aromatic rings. The fraction of sp³-hybridized carbons (Fsp3) is 0.500. The number of ether oxygens (including phenoxy) is 1. The molecule has 1 N–H and O–H groups in total. The van der Waals surface area contributed by atoms with Crippen molar-refractivity contribution in [2.24, 2.45) is 5.92 Å². The minimum atomic E-state index is -0.567. The second kappa shape index (κ2) is 7.19. The fourth-order valence-electron chi connectivity index (χ4n) is 2.84. The molecule has 0 spiro atoms. The number of nitrogens with zero attached hydrogens (tertiary/aromatic N) is 2. The lowest BCUT2D eigenvalue weighted by Crippen LogP contribution is -2.45. The minimum absolute atomic E-state index is 0.183. The van der Waals surface area contributed by atoms with Gasteiger partial charge in [0.1, 0.15) is 11.4 Å². The third-order valence-electron chi connectivity index (χ3n) is 4.02. The van der Waals surface area contributed by atoms with E-state index in [-0.39, 0.29) is 17.6 Å². The molecule has 0 bridgehead atoms. The van der Waals surface area contributed by atoms with Crippen LogP contribution in [0.4, 0.5) is 14.3 Å². The number of hydrogen-bond donors (Lipinski definition) is 1. The smallest absolute Gasteiger partial charge is 0.410 e. The van der Waals surface area contributed by atoms with Crippen molar-refractivity contribution in [1.82, 2.24) is 9.88 Å². The number of fused-ring (bicyclic) bond motifs is 1. The molecule has 1 atom stereocenters. The zero-order valence-electron chi connectivity index (χ0n) is 15.0. The molecular weight excluding hydrogens is 357 g/mol. The summed E-state index contributed by atoms with van der Waals surface area (Å²) in [6.45, 7) is 6.35. The van der Waals surface area contributed by atoms with E-state index in [1.54, 1.807) is 11.0 Å². The average Bonchev–Trinajstić information content (AvgIpc) is 2.94. The number of rotatable bonds is 2. The van der Waals surface area contributed by atoms with E-state index >= 15 is 0 Å². The summed E-state index contributed by atoms with van der Waals surface area (Å²) in [5.74, 6) is -0.836. The standard InChI is InChI=1S/C18H22FN3O3S/c1-18(2,3)25-17(24)22-8-4-5-11(10-22)15(23)21-16-20-13-7-6-12(19)9-14(13)26-16/h6-7,9,11H,4-5,8,10H2,1-3H3,(H,20,21,23). The molecular formula is C18H22FN3O3S. The Morgan fingerprint density at radius 1 is 1.38 bits per heavy atom. The molecule has 1 fully saturated rings. The van der Waals surface area contributed by atoms with Gasteiger partial charge in [0.05, 0.1) is 16.1 Å². The van der Waals surface area contributed by atoms with Crippen molar-refractivity contribution < 1.29 is 18.7 Å². The van der Waals surface area contributed by atoms with E-state index in [1.165, 1.54) is 23.5 Å². The Morgan fingerprint density at radius 3 is 2.88 bits per heavy atom. The highest BCUT2D eigenvalue weighted by molar-refractivity contribution is 7.22. The number of anilines is 1. The average molecular weight is 379 g/mol. The lowest BCUT2D eigenvalue weighted by atomic mass is 9.97. The summed E-state index contributed by atoms with van der Waals surface area (Å²) in [5, 5.41) is 3.23. The maximum absolute atomic E-state index is 13.3. The molecule has 3 rings (SSSR count). The third-order valence-corrected chi connectivity index (χ3v) is 4.96. The van der Waals surface area contributed by atoms with Crippen molar-refractivity contribution in [3.63, 3.8) is 0 Å². The molecule has 1 aromatic carbocycles. The summed E-state index contributed by atoms with van der Waals surface area (Å²) in [4.78, 5) is 30.7. The van der Waals surface area contributed by atoms with Crippen LogP contribution in [0.5, 0.6) is 0 Å². The predicted molar refractivity (Wildman–Crippen MR) is 98.7 cm³/mol. The molecule has 0 saturated carbocycles. The van der Waals surface area contributed by atoms with Crippen LogP contribution in [0.2, 0.25) is 0 Å². The van der Waals surface area contributed by atoms with E-state index < -0.39 is 11.7 Å². The van der Waals surface area contributed by atoms with Crippen LogP contribution in [0.15, 0.2) is 18.2 Å². The van der Waals surface area contributed by atoms with Gasteiger partial charge in [0, 0.05) is 13.1 Å². The topological polar surface area (TPSA) is 71.5 Å². The summed E-state index contributed by atoms with van der Waals surface area (Å²) in [6.07, 6.45) is 1.04. The maximum atomic E-state index is 13.3. The summed E-state index contributed by atoms with van der Waals surface area (Å²) in [7, 11) is 0. The Balaban J connectivity index is 1.64. The van der Waals surface area contributed by atoms with Crippen molar-refractivity contribution in [1.29, 1.82) is 0 Å². The number of carbonyl (C=O) groups is 2. The molecule has 1 aromatic heterocycles. The number of hydrogen-bond acceptors (Lipinski definition) is 5.